The average Bonchev–Trinajstić information content (AvgIpc) is 3.61. The Morgan fingerprint density at radius 3 is 2.64 bits per heavy atom. The van der Waals surface area contributed by atoms with Crippen molar-refractivity contribution in [2.24, 2.45) is 30.7 Å². The van der Waals surface area contributed by atoms with Crippen molar-refractivity contribution in [3.05, 3.63) is 59.7 Å². The first-order valence-corrected chi connectivity index (χ1v) is 16.6. The number of hydrogen-bond acceptors (Lipinski definition) is 10. The fraction of sp³-hybridized carbons (Fsp3) is 0.639. The van der Waals surface area contributed by atoms with Gasteiger partial charge in [0.15, 0.2) is 6.10 Å². The van der Waals surface area contributed by atoms with Gasteiger partial charge < -0.3 is 38.5 Å². The lowest BCUT2D eigenvalue weighted by Gasteiger charge is -2.41. The number of aliphatic hydroxyl groups excluding tert-OH is 2. The molecule has 1 aromatic rings. The van der Waals surface area contributed by atoms with Crippen molar-refractivity contribution >= 4 is 18.0 Å². The highest BCUT2D eigenvalue weighted by Gasteiger charge is 2.54. The van der Waals surface area contributed by atoms with Crippen molar-refractivity contribution in [3.8, 4) is 0 Å². The maximum absolute atomic E-state index is 13.3. The van der Waals surface area contributed by atoms with Crippen molar-refractivity contribution in [2.75, 3.05) is 13.7 Å². The molecule has 2 N–H and O–H groups in total. The highest BCUT2D eigenvalue weighted by molar-refractivity contribution is 5.86. The highest BCUT2D eigenvalue weighted by Crippen LogP contribution is 2.50. The van der Waals surface area contributed by atoms with E-state index in [0.29, 0.717) is 36.8 Å². The van der Waals surface area contributed by atoms with Crippen LogP contribution in [0, 0.1) is 23.7 Å². The molecule has 47 heavy (non-hydrogen) atoms. The number of aliphatic hydroxyl groups is 2. The molecule has 4 aliphatic rings. The predicted molar refractivity (Wildman–Crippen MR) is 173 cm³/mol. The van der Waals surface area contributed by atoms with Crippen LogP contribution in [0.25, 0.3) is 6.08 Å². The number of nitrogens with zero attached hydrogens (tertiary/aromatic N) is 2. The third-order valence-electron chi connectivity index (χ3n) is 10.3. The minimum absolute atomic E-state index is 0.0474. The third-order valence-corrected chi connectivity index (χ3v) is 10.3. The van der Waals surface area contributed by atoms with E-state index in [4.69, 9.17) is 23.7 Å². The van der Waals surface area contributed by atoms with Crippen LogP contribution in [-0.4, -0.2) is 87.3 Å². The molecule has 2 aliphatic carbocycles. The zero-order chi connectivity index (χ0) is 34.1. The second-order valence-corrected chi connectivity index (χ2v) is 14.0. The summed E-state index contributed by atoms with van der Waals surface area (Å²) in [6.45, 7) is 9.82. The largest absolute Gasteiger partial charge is 0.457 e. The van der Waals surface area contributed by atoms with Crippen molar-refractivity contribution in [3.63, 3.8) is 0 Å². The zero-order valence-electron chi connectivity index (χ0n) is 28.5. The van der Waals surface area contributed by atoms with Crippen molar-refractivity contribution in [2.45, 2.75) is 102 Å². The molecule has 5 rings (SSSR count). The van der Waals surface area contributed by atoms with E-state index in [1.165, 1.54) is 18.6 Å². The number of hydrogen-bond donors (Lipinski definition) is 2. The van der Waals surface area contributed by atoms with Gasteiger partial charge in [-0.25, -0.2) is 9.78 Å². The number of aryl methyl sites for hydroxylation is 1. The summed E-state index contributed by atoms with van der Waals surface area (Å²) < 4.78 is 32.9. The van der Waals surface area contributed by atoms with Gasteiger partial charge in [0.1, 0.15) is 17.8 Å². The summed E-state index contributed by atoms with van der Waals surface area (Å²) in [6.07, 6.45) is 12.3. The lowest BCUT2D eigenvalue weighted by atomic mass is 9.65. The molecule has 1 fully saturated rings. The SMILES string of the molecule is CO[C@]12C=C[C@](C)(O1)[C@@H](OC(=O)/C=C/c1cn(C)cn1)C[C@H]1C(C)=CC[C@H](C(C)C)[C@H]1/C=C\2CO[C@@H]1CC[C@@H](O)[C@@H](O)[C@H]1OC(C)=O. The van der Waals surface area contributed by atoms with Gasteiger partial charge in [0.2, 0.25) is 5.79 Å². The fourth-order valence-corrected chi connectivity index (χ4v) is 7.59. The molecule has 2 bridgehead atoms. The Morgan fingerprint density at radius 1 is 1.21 bits per heavy atom. The Balaban J connectivity index is 1.49. The number of aromatic nitrogens is 2. The highest BCUT2D eigenvalue weighted by atomic mass is 16.7. The predicted octanol–water partition coefficient (Wildman–Crippen LogP) is 4.05. The van der Waals surface area contributed by atoms with E-state index in [1.807, 2.05) is 32.3 Å². The minimum atomic E-state index is -1.32. The van der Waals surface area contributed by atoms with Gasteiger partial charge in [0.05, 0.1) is 30.8 Å². The number of fused-ring (bicyclic) bond motifs is 3. The van der Waals surface area contributed by atoms with Crippen LogP contribution in [-0.2, 0) is 40.3 Å². The van der Waals surface area contributed by atoms with Gasteiger partial charge in [-0.3, -0.25) is 4.79 Å². The summed E-state index contributed by atoms with van der Waals surface area (Å²) in [5.41, 5.74) is 1.58. The van der Waals surface area contributed by atoms with Gasteiger partial charge in [0, 0.05) is 38.9 Å². The van der Waals surface area contributed by atoms with E-state index in [1.54, 1.807) is 24.1 Å². The average molecular weight is 655 g/mol. The van der Waals surface area contributed by atoms with Gasteiger partial charge in [0.25, 0.3) is 0 Å². The molecule has 0 aromatic carbocycles. The molecule has 11 nitrogen and oxygen atoms in total. The quantitative estimate of drug-likeness (QED) is 0.228. The number of rotatable bonds is 9. The van der Waals surface area contributed by atoms with E-state index >= 15 is 0 Å². The molecule has 1 aromatic heterocycles. The first-order valence-electron chi connectivity index (χ1n) is 16.6. The maximum Gasteiger partial charge on any atom is 0.331 e. The summed E-state index contributed by atoms with van der Waals surface area (Å²) in [5.74, 6) is -1.62. The number of ether oxygens (including phenoxy) is 5. The molecule has 0 radical (unpaired) electrons. The van der Waals surface area contributed by atoms with E-state index in [-0.39, 0.29) is 18.4 Å². The molecule has 0 amide bonds. The standard InChI is InChI=1S/C36H50N2O9/c1-21(2)26-10-8-22(3)27-17-31(46-32(41)13-9-25-18-38(6)20-37-25)35(5)14-15-36(43-7,47-35)24(16-28(26)27)19-44-30-12-11-29(40)33(42)34(30)45-23(4)39/h8-9,13-16,18,20-21,26-31,33-34,40,42H,10-12,17,19H2,1-7H3/b13-9+,24-16-/t26-,27+,28-,29-,30-,31+,33-,34+,35+,36-/m1/s1. The van der Waals surface area contributed by atoms with Gasteiger partial charge in [-0.05, 0) is 81.4 Å². The van der Waals surface area contributed by atoms with Crippen LogP contribution < -0.4 is 0 Å². The monoisotopic (exact) mass is 654 g/mol. The summed E-state index contributed by atoms with van der Waals surface area (Å²) in [6, 6.07) is 0. The van der Waals surface area contributed by atoms with Gasteiger partial charge in [-0.15, -0.1) is 0 Å². The van der Waals surface area contributed by atoms with Gasteiger partial charge in [-0.1, -0.05) is 31.6 Å². The number of carbonyl (C=O) groups is 2. The number of esters is 2. The Bertz CT molecular complexity index is 1430. The molecular weight excluding hydrogens is 604 g/mol. The third kappa shape index (κ3) is 7.49. The zero-order valence-corrected chi connectivity index (χ0v) is 28.5. The van der Waals surface area contributed by atoms with Crippen LogP contribution in [0.15, 0.2) is 54.1 Å². The molecule has 0 saturated heterocycles. The Hall–Kier alpha value is -3.09. The molecule has 10 atom stereocenters. The molecular formula is C36H50N2O9. The second kappa shape index (κ2) is 14.2. The van der Waals surface area contributed by atoms with Crippen molar-refractivity contribution < 1.29 is 43.5 Å². The van der Waals surface area contributed by atoms with Gasteiger partial charge >= 0.3 is 11.9 Å². The summed E-state index contributed by atoms with van der Waals surface area (Å²) in [5, 5.41) is 21.0. The van der Waals surface area contributed by atoms with Crippen molar-refractivity contribution in [1.82, 2.24) is 9.55 Å². The minimum Gasteiger partial charge on any atom is -0.457 e. The molecule has 1 saturated carbocycles. The second-order valence-electron chi connectivity index (χ2n) is 14.0. The number of carbonyl (C=O) groups excluding carboxylic acids is 2. The first kappa shape index (κ1) is 35.2. The van der Waals surface area contributed by atoms with Crippen LogP contribution >= 0.6 is 0 Å². The van der Waals surface area contributed by atoms with Crippen LogP contribution in [0.2, 0.25) is 0 Å². The molecule has 2 aliphatic heterocycles. The lowest BCUT2D eigenvalue weighted by molar-refractivity contribution is -0.230. The Kier molecular flexibility index (Phi) is 10.6. The van der Waals surface area contributed by atoms with E-state index in [0.717, 1.165) is 12.0 Å². The molecule has 258 valence electrons. The van der Waals surface area contributed by atoms with Crippen LogP contribution in [0.5, 0.6) is 0 Å². The summed E-state index contributed by atoms with van der Waals surface area (Å²) in [4.78, 5) is 29.4. The Morgan fingerprint density at radius 2 is 1.98 bits per heavy atom. The molecule has 0 spiro atoms. The summed E-state index contributed by atoms with van der Waals surface area (Å²) in [7, 11) is 3.44. The Labute approximate surface area is 277 Å². The van der Waals surface area contributed by atoms with E-state index in [2.05, 4.69) is 37.9 Å². The van der Waals surface area contributed by atoms with Gasteiger partial charge in [-0.2, -0.15) is 0 Å². The fourth-order valence-electron chi connectivity index (χ4n) is 7.59. The molecule has 3 heterocycles. The number of imidazole rings is 1. The number of methoxy groups -OCH3 is 1. The number of allylic oxidation sites excluding steroid dienone is 3. The maximum atomic E-state index is 13.3. The van der Waals surface area contributed by atoms with E-state index in [9.17, 15) is 19.8 Å². The first-order chi connectivity index (χ1) is 22.2. The summed E-state index contributed by atoms with van der Waals surface area (Å²) >= 11 is 0. The van der Waals surface area contributed by atoms with Crippen LogP contribution in [0.3, 0.4) is 0 Å². The van der Waals surface area contributed by atoms with Crippen LogP contribution in [0.4, 0.5) is 0 Å². The van der Waals surface area contributed by atoms with E-state index < -0.39 is 53.8 Å². The smallest absolute Gasteiger partial charge is 0.331 e. The lowest BCUT2D eigenvalue weighted by Crippen LogP contribution is -2.52. The topological polar surface area (TPSA) is 139 Å². The molecule has 0 unspecified atom stereocenters. The van der Waals surface area contributed by atoms with Crippen molar-refractivity contribution in [1.29, 1.82) is 0 Å². The normalized spacial score (nSPS) is 38.2. The van der Waals surface area contributed by atoms with Crippen LogP contribution in [0.1, 0.15) is 66.0 Å². The molecule has 11 heteroatoms.